The molecule has 0 unspecified atom stereocenters. The highest BCUT2D eigenvalue weighted by molar-refractivity contribution is 6.31. The molecule has 0 saturated heterocycles. The number of halogens is 1. The number of anilines is 1. The van der Waals surface area contributed by atoms with Gasteiger partial charge in [-0.1, -0.05) is 35.9 Å². The van der Waals surface area contributed by atoms with Crippen molar-refractivity contribution in [3.05, 3.63) is 64.2 Å². The van der Waals surface area contributed by atoms with Gasteiger partial charge in [-0.3, -0.25) is 0 Å². The first-order valence-corrected chi connectivity index (χ1v) is 6.06. The molecule has 0 spiro atoms. The summed E-state index contributed by atoms with van der Waals surface area (Å²) >= 11 is 5.89. The van der Waals surface area contributed by atoms with Crippen LogP contribution in [0.3, 0.4) is 0 Å². The molecule has 0 fully saturated rings. The van der Waals surface area contributed by atoms with E-state index in [0.717, 1.165) is 12.2 Å². The lowest BCUT2D eigenvalue weighted by atomic mass is 10.1. The Bertz CT molecular complexity index is 600. The Labute approximate surface area is 112 Å². The third kappa shape index (κ3) is 2.82. The summed E-state index contributed by atoms with van der Waals surface area (Å²) in [7, 11) is 0. The van der Waals surface area contributed by atoms with Crippen molar-refractivity contribution in [2.24, 2.45) is 0 Å². The number of rotatable bonds is 3. The summed E-state index contributed by atoms with van der Waals surface area (Å²) in [4.78, 5) is 0. The molecule has 0 atom stereocenters. The van der Waals surface area contributed by atoms with Crippen molar-refractivity contribution in [3.63, 3.8) is 0 Å². The van der Waals surface area contributed by atoms with Gasteiger partial charge in [-0.25, -0.2) is 0 Å². The van der Waals surface area contributed by atoms with Crippen molar-refractivity contribution in [1.82, 2.24) is 0 Å². The van der Waals surface area contributed by atoms with E-state index in [1.165, 1.54) is 11.1 Å². The van der Waals surface area contributed by atoms with Gasteiger partial charge in [0, 0.05) is 12.2 Å². The molecule has 1 N–H and O–H groups in total. The number of benzene rings is 2. The van der Waals surface area contributed by atoms with Crippen molar-refractivity contribution in [1.29, 1.82) is 5.26 Å². The fourth-order valence-electron chi connectivity index (χ4n) is 1.73. The largest absolute Gasteiger partial charge is 0.381 e. The number of aryl methyl sites for hydroxylation is 1. The molecule has 0 bridgehead atoms. The fourth-order valence-corrected chi connectivity index (χ4v) is 1.89. The highest BCUT2D eigenvalue weighted by atomic mass is 35.5. The van der Waals surface area contributed by atoms with Crippen molar-refractivity contribution >= 4 is 17.3 Å². The number of nitriles is 1. The van der Waals surface area contributed by atoms with Crippen LogP contribution in [0.4, 0.5) is 5.69 Å². The van der Waals surface area contributed by atoms with Crippen LogP contribution in [0, 0.1) is 18.3 Å². The van der Waals surface area contributed by atoms with E-state index in [-0.39, 0.29) is 0 Å². The van der Waals surface area contributed by atoms with Crippen LogP contribution >= 0.6 is 11.6 Å². The molecule has 0 aliphatic carbocycles. The molecule has 2 rings (SSSR count). The first-order chi connectivity index (χ1) is 8.70. The van der Waals surface area contributed by atoms with E-state index < -0.39 is 0 Å². The van der Waals surface area contributed by atoms with Crippen LogP contribution in [0.5, 0.6) is 0 Å². The molecule has 0 aliphatic rings. The lowest BCUT2D eigenvalue weighted by molar-refractivity contribution is 1.12. The summed E-state index contributed by atoms with van der Waals surface area (Å²) in [6.45, 7) is 2.82. The molecular formula is C15H13ClN2. The predicted octanol–water partition coefficient (Wildman–Crippen LogP) is 4.13. The van der Waals surface area contributed by atoms with Gasteiger partial charge >= 0.3 is 0 Å². The van der Waals surface area contributed by atoms with Crippen molar-refractivity contribution in [3.8, 4) is 6.07 Å². The van der Waals surface area contributed by atoms with Crippen LogP contribution < -0.4 is 5.32 Å². The Balaban J connectivity index is 2.12. The minimum absolute atomic E-state index is 0.485. The summed E-state index contributed by atoms with van der Waals surface area (Å²) in [5, 5.41) is 12.7. The molecular weight excluding hydrogens is 244 g/mol. The standard InChI is InChI=1S/C15H13ClN2/c1-11-4-2-3-5-12(11)10-18-14-6-7-15(16)13(8-14)9-17/h2-8,18H,10H2,1H3. The van der Waals surface area contributed by atoms with Gasteiger partial charge in [0.1, 0.15) is 6.07 Å². The molecule has 2 aromatic rings. The van der Waals surface area contributed by atoms with Crippen molar-refractivity contribution in [2.45, 2.75) is 13.5 Å². The maximum absolute atomic E-state index is 8.91. The Morgan fingerprint density at radius 1 is 1.22 bits per heavy atom. The van der Waals surface area contributed by atoms with Gasteiger partial charge in [-0.05, 0) is 36.2 Å². The van der Waals surface area contributed by atoms with Gasteiger partial charge in [-0.2, -0.15) is 5.26 Å². The molecule has 0 radical (unpaired) electrons. The van der Waals surface area contributed by atoms with Crippen LogP contribution in [0.25, 0.3) is 0 Å². The molecule has 0 aromatic heterocycles. The first-order valence-electron chi connectivity index (χ1n) is 5.69. The quantitative estimate of drug-likeness (QED) is 0.896. The molecule has 0 saturated carbocycles. The normalized spacial score (nSPS) is 9.83. The van der Waals surface area contributed by atoms with E-state index in [9.17, 15) is 0 Å². The molecule has 3 heteroatoms. The summed E-state index contributed by atoms with van der Waals surface area (Å²) in [6, 6.07) is 15.7. The van der Waals surface area contributed by atoms with Gasteiger partial charge in [0.2, 0.25) is 0 Å². The number of hydrogen-bond donors (Lipinski definition) is 1. The van der Waals surface area contributed by atoms with E-state index in [1.54, 1.807) is 12.1 Å². The summed E-state index contributed by atoms with van der Waals surface area (Å²) < 4.78 is 0. The minimum atomic E-state index is 0.485. The average molecular weight is 257 g/mol. The van der Waals surface area contributed by atoms with E-state index in [4.69, 9.17) is 16.9 Å². The van der Waals surface area contributed by atoms with Gasteiger partial charge in [-0.15, -0.1) is 0 Å². The van der Waals surface area contributed by atoms with E-state index in [1.807, 2.05) is 18.2 Å². The van der Waals surface area contributed by atoms with Gasteiger partial charge in [0.05, 0.1) is 10.6 Å². The zero-order valence-electron chi connectivity index (χ0n) is 10.1. The van der Waals surface area contributed by atoms with Gasteiger partial charge in [0.25, 0.3) is 0 Å². The summed E-state index contributed by atoms with van der Waals surface area (Å²) in [6.07, 6.45) is 0. The summed E-state index contributed by atoms with van der Waals surface area (Å²) in [5.74, 6) is 0. The van der Waals surface area contributed by atoms with E-state index >= 15 is 0 Å². The second kappa shape index (κ2) is 5.57. The highest BCUT2D eigenvalue weighted by Crippen LogP contribution is 2.20. The second-order valence-corrected chi connectivity index (χ2v) is 4.49. The Morgan fingerprint density at radius 2 is 2.00 bits per heavy atom. The smallest absolute Gasteiger partial charge is 0.101 e. The van der Waals surface area contributed by atoms with E-state index in [2.05, 4.69) is 30.4 Å². The van der Waals surface area contributed by atoms with Crippen LogP contribution in [-0.2, 0) is 6.54 Å². The molecule has 0 aliphatic heterocycles. The SMILES string of the molecule is Cc1ccccc1CNc1ccc(Cl)c(C#N)c1. The maximum atomic E-state index is 8.91. The molecule has 90 valence electrons. The van der Waals surface area contributed by atoms with Crippen LogP contribution in [0.1, 0.15) is 16.7 Å². The fraction of sp³-hybridized carbons (Fsp3) is 0.133. The maximum Gasteiger partial charge on any atom is 0.101 e. The molecule has 2 nitrogen and oxygen atoms in total. The van der Waals surface area contributed by atoms with Crippen molar-refractivity contribution in [2.75, 3.05) is 5.32 Å². The number of nitrogens with one attached hydrogen (secondary N) is 1. The Kier molecular flexibility index (Phi) is 3.86. The molecule has 0 amide bonds. The molecule has 2 aromatic carbocycles. The number of hydrogen-bond acceptors (Lipinski definition) is 2. The molecule has 18 heavy (non-hydrogen) atoms. The third-order valence-corrected chi connectivity index (χ3v) is 3.16. The highest BCUT2D eigenvalue weighted by Gasteiger charge is 2.02. The monoisotopic (exact) mass is 256 g/mol. The van der Waals surface area contributed by atoms with Crippen LogP contribution in [-0.4, -0.2) is 0 Å². The lowest BCUT2D eigenvalue weighted by Crippen LogP contribution is -2.01. The zero-order chi connectivity index (χ0) is 13.0. The Morgan fingerprint density at radius 3 is 2.72 bits per heavy atom. The lowest BCUT2D eigenvalue weighted by Gasteiger charge is -2.09. The zero-order valence-corrected chi connectivity index (χ0v) is 10.8. The topological polar surface area (TPSA) is 35.8 Å². The summed E-state index contributed by atoms with van der Waals surface area (Å²) in [5.41, 5.74) is 3.89. The van der Waals surface area contributed by atoms with Crippen LogP contribution in [0.15, 0.2) is 42.5 Å². The predicted molar refractivity (Wildman–Crippen MR) is 74.7 cm³/mol. The second-order valence-electron chi connectivity index (χ2n) is 4.09. The minimum Gasteiger partial charge on any atom is -0.381 e. The average Bonchev–Trinajstić information content (AvgIpc) is 2.39. The Hall–Kier alpha value is -1.98. The van der Waals surface area contributed by atoms with E-state index in [0.29, 0.717) is 10.6 Å². The van der Waals surface area contributed by atoms with Crippen LogP contribution in [0.2, 0.25) is 5.02 Å². The third-order valence-electron chi connectivity index (χ3n) is 2.83. The number of nitrogens with zero attached hydrogens (tertiary/aromatic N) is 1. The molecule has 0 heterocycles. The first kappa shape index (κ1) is 12.5. The van der Waals surface area contributed by atoms with Gasteiger partial charge < -0.3 is 5.32 Å². The van der Waals surface area contributed by atoms with Crippen molar-refractivity contribution < 1.29 is 0 Å². The van der Waals surface area contributed by atoms with Gasteiger partial charge in [0.15, 0.2) is 0 Å².